The molecule has 2 aromatic rings. The molecule has 0 aliphatic carbocycles. The summed E-state index contributed by atoms with van der Waals surface area (Å²) in [5.41, 5.74) is 2.11. The highest BCUT2D eigenvalue weighted by Crippen LogP contribution is 2.23. The maximum Gasteiger partial charge on any atom is 0.120 e. The van der Waals surface area contributed by atoms with Crippen LogP contribution in [0, 0.1) is 4.91 Å². The Bertz CT molecular complexity index is 526. The summed E-state index contributed by atoms with van der Waals surface area (Å²) in [6, 6.07) is 14.5. The maximum atomic E-state index is 10.4. The van der Waals surface area contributed by atoms with Crippen LogP contribution in [0.25, 0.3) is 0 Å². The molecule has 0 radical (unpaired) electrons. The summed E-state index contributed by atoms with van der Waals surface area (Å²) in [6.45, 7) is 0. The van der Waals surface area contributed by atoms with Gasteiger partial charge in [0.1, 0.15) is 11.4 Å². The number of ether oxygens (including phenoxy) is 1. The van der Waals surface area contributed by atoms with E-state index in [1.807, 2.05) is 30.3 Å². The van der Waals surface area contributed by atoms with E-state index < -0.39 is 0 Å². The van der Waals surface area contributed by atoms with Crippen molar-refractivity contribution in [2.75, 3.05) is 12.4 Å². The van der Waals surface area contributed by atoms with Crippen molar-refractivity contribution in [3.63, 3.8) is 0 Å². The van der Waals surface area contributed by atoms with Crippen LogP contribution in [0.1, 0.15) is 0 Å². The van der Waals surface area contributed by atoms with E-state index in [0.717, 1.165) is 17.1 Å². The van der Waals surface area contributed by atoms with Crippen molar-refractivity contribution in [2.45, 2.75) is 0 Å². The number of methoxy groups -OCH3 is 1. The predicted octanol–water partition coefficient (Wildman–Crippen LogP) is 3.84. The third kappa shape index (κ3) is 2.81. The van der Waals surface area contributed by atoms with Crippen molar-refractivity contribution in [1.82, 2.24) is 0 Å². The molecule has 0 aliphatic heterocycles. The first-order chi connectivity index (χ1) is 8.31. The first-order valence-corrected chi connectivity index (χ1v) is 5.16. The molecule has 0 saturated carbocycles. The van der Waals surface area contributed by atoms with Gasteiger partial charge in [0.2, 0.25) is 0 Å². The Balaban J connectivity index is 2.21. The Hall–Kier alpha value is -2.36. The lowest BCUT2D eigenvalue weighted by Gasteiger charge is -2.07. The number of nitrogens with one attached hydrogen (secondary N) is 1. The van der Waals surface area contributed by atoms with Gasteiger partial charge in [-0.15, -0.1) is 4.91 Å². The van der Waals surface area contributed by atoms with Gasteiger partial charge in [0.25, 0.3) is 0 Å². The van der Waals surface area contributed by atoms with Gasteiger partial charge in [-0.2, -0.15) is 0 Å². The number of hydrogen-bond acceptors (Lipinski definition) is 4. The Morgan fingerprint density at radius 3 is 2.47 bits per heavy atom. The molecule has 2 aromatic carbocycles. The van der Waals surface area contributed by atoms with Crippen LogP contribution in [0.3, 0.4) is 0 Å². The van der Waals surface area contributed by atoms with Crippen LogP contribution in [0.4, 0.5) is 17.1 Å². The van der Waals surface area contributed by atoms with E-state index in [0.29, 0.717) is 5.69 Å². The van der Waals surface area contributed by atoms with Crippen molar-refractivity contribution < 1.29 is 4.74 Å². The topological polar surface area (TPSA) is 50.7 Å². The molecule has 0 bridgehead atoms. The van der Waals surface area contributed by atoms with E-state index >= 15 is 0 Å². The lowest BCUT2D eigenvalue weighted by molar-refractivity contribution is 0.415. The molecule has 0 atom stereocenters. The second kappa shape index (κ2) is 5.12. The number of rotatable bonds is 4. The standard InChI is InChI=1S/C13H12N2O2/c1-17-13-7-3-5-11(9-13)14-10-4-2-6-12(8-10)15-16/h2-9,14H,1H3. The van der Waals surface area contributed by atoms with Crippen molar-refractivity contribution in [3.8, 4) is 5.75 Å². The Labute approximate surface area is 99.2 Å². The summed E-state index contributed by atoms with van der Waals surface area (Å²) < 4.78 is 5.13. The fraction of sp³-hybridized carbons (Fsp3) is 0.0769. The highest BCUT2D eigenvalue weighted by molar-refractivity contribution is 5.64. The molecular formula is C13H12N2O2. The fourth-order valence-corrected chi connectivity index (χ4v) is 1.51. The molecule has 0 aliphatic rings. The minimum absolute atomic E-state index is 0.401. The summed E-state index contributed by atoms with van der Waals surface area (Å²) in [5, 5.41) is 6.07. The molecule has 0 unspecified atom stereocenters. The Kier molecular flexibility index (Phi) is 3.35. The van der Waals surface area contributed by atoms with Gasteiger partial charge in [0, 0.05) is 17.4 Å². The van der Waals surface area contributed by atoms with Crippen molar-refractivity contribution in [3.05, 3.63) is 53.4 Å². The zero-order valence-corrected chi connectivity index (χ0v) is 9.38. The SMILES string of the molecule is COc1cccc(Nc2cccc(N=O)c2)c1. The second-order valence-electron chi connectivity index (χ2n) is 3.50. The van der Waals surface area contributed by atoms with Gasteiger partial charge in [-0.05, 0) is 35.5 Å². The number of benzene rings is 2. The monoisotopic (exact) mass is 228 g/mol. The number of nitrogens with zero attached hydrogens (tertiary/aromatic N) is 1. The minimum Gasteiger partial charge on any atom is -0.497 e. The van der Waals surface area contributed by atoms with E-state index in [1.165, 1.54) is 0 Å². The molecule has 0 aromatic heterocycles. The van der Waals surface area contributed by atoms with Crippen LogP contribution in [-0.2, 0) is 0 Å². The summed E-state index contributed by atoms with van der Waals surface area (Å²) in [5.74, 6) is 0.777. The van der Waals surface area contributed by atoms with Gasteiger partial charge >= 0.3 is 0 Å². The summed E-state index contributed by atoms with van der Waals surface area (Å²) in [4.78, 5) is 10.4. The van der Waals surface area contributed by atoms with Gasteiger partial charge in [0.15, 0.2) is 0 Å². The molecule has 17 heavy (non-hydrogen) atoms. The average Bonchev–Trinajstić information content (AvgIpc) is 2.39. The van der Waals surface area contributed by atoms with Crippen molar-refractivity contribution >= 4 is 17.1 Å². The highest BCUT2D eigenvalue weighted by Gasteiger charge is 1.98. The van der Waals surface area contributed by atoms with Crippen LogP contribution in [0.2, 0.25) is 0 Å². The zero-order valence-electron chi connectivity index (χ0n) is 9.38. The fourth-order valence-electron chi connectivity index (χ4n) is 1.51. The second-order valence-corrected chi connectivity index (χ2v) is 3.50. The summed E-state index contributed by atoms with van der Waals surface area (Å²) in [7, 11) is 1.62. The summed E-state index contributed by atoms with van der Waals surface area (Å²) >= 11 is 0. The van der Waals surface area contributed by atoms with Crippen LogP contribution < -0.4 is 10.1 Å². The molecule has 0 fully saturated rings. The van der Waals surface area contributed by atoms with E-state index in [2.05, 4.69) is 10.5 Å². The smallest absolute Gasteiger partial charge is 0.120 e. The lowest BCUT2D eigenvalue weighted by atomic mass is 10.2. The predicted molar refractivity (Wildman–Crippen MR) is 68.2 cm³/mol. The van der Waals surface area contributed by atoms with Gasteiger partial charge in [-0.25, -0.2) is 0 Å². The first-order valence-electron chi connectivity index (χ1n) is 5.16. The van der Waals surface area contributed by atoms with E-state index in [1.54, 1.807) is 25.3 Å². The lowest BCUT2D eigenvalue weighted by Crippen LogP contribution is -1.90. The molecule has 4 heteroatoms. The van der Waals surface area contributed by atoms with E-state index in [9.17, 15) is 4.91 Å². The Morgan fingerprint density at radius 2 is 1.76 bits per heavy atom. The molecule has 2 rings (SSSR count). The van der Waals surface area contributed by atoms with Crippen molar-refractivity contribution in [1.29, 1.82) is 0 Å². The van der Waals surface area contributed by atoms with E-state index in [-0.39, 0.29) is 0 Å². The van der Waals surface area contributed by atoms with Gasteiger partial charge in [0.05, 0.1) is 7.11 Å². The quantitative estimate of drug-likeness (QED) is 0.809. The summed E-state index contributed by atoms with van der Waals surface area (Å²) in [6.07, 6.45) is 0. The van der Waals surface area contributed by atoms with Gasteiger partial charge < -0.3 is 10.1 Å². The Morgan fingerprint density at radius 1 is 1.06 bits per heavy atom. The third-order valence-corrected chi connectivity index (χ3v) is 2.31. The van der Waals surface area contributed by atoms with Crippen LogP contribution in [0.15, 0.2) is 53.7 Å². The van der Waals surface area contributed by atoms with Gasteiger partial charge in [-0.3, -0.25) is 0 Å². The number of anilines is 2. The minimum atomic E-state index is 0.401. The molecule has 0 amide bonds. The molecule has 86 valence electrons. The largest absolute Gasteiger partial charge is 0.497 e. The molecule has 0 spiro atoms. The number of nitroso groups, excluding NO2 is 1. The number of hydrogen-bond donors (Lipinski definition) is 1. The van der Waals surface area contributed by atoms with Crippen molar-refractivity contribution in [2.24, 2.45) is 5.18 Å². The molecule has 0 saturated heterocycles. The van der Waals surface area contributed by atoms with Crippen LogP contribution >= 0.6 is 0 Å². The molecule has 1 N–H and O–H groups in total. The molecular weight excluding hydrogens is 216 g/mol. The maximum absolute atomic E-state index is 10.4. The average molecular weight is 228 g/mol. The molecule has 4 nitrogen and oxygen atoms in total. The zero-order chi connectivity index (χ0) is 12.1. The first kappa shape index (κ1) is 11.1. The highest BCUT2D eigenvalue weighted by atomic mass is 16.5. The molecule has 0 heterocycles. The van der Waals surface area contributed by atoms with Crippen LogP contribution in [0.5, 0.6) is 5.75 Å². The van der Waals surface area contributed by atoms with Gasteiger partial charge in [-0.1, -0.05) is 12.1 Å². The third-order valence-electron chi connectivity index (χ3n) is 2.31. The normalized spacial score (nSPS) is 9.71. The van der Waals surface area contributed by atoms with Crippen LogP contribution in [-0.4, -0.2) is 7.11 Å². The van der Waals surface area contributed by atoms with E-state index in [4.69, 9.17) is 4.74 Å².